The van der Waals surface area contributed by atoms with E-state index in [0.717, 1.165) is 10.7 Å². The number of methoxy groups -OCH3 is 1. The number of nitrogens with zero attached hydrogens (tertiary/aromatic N) is 1. The van der Waals surface area contributed by atoms with Crippen LogP contribution in [0.4, 0.5) is 0 Å². The number of nitrogens with two attached hydrogens (primary N) is 1. The van der Waals surface area contributed by atoms with Gasteiger partial charge in [0, 0.05) is 24.7 Å². The molecule has 0 aliphatic rings. The molecule has 0 saturated carbocycles. The molecule has 1 amide bonds. The minimum absolute atomic E-state index is 0.115. The third-order valence-electron chi connectivity index (χ3n) is 2.16. The van der Waals surface area contributed by atoms with E-state index in [-0.39, 0.29) is 18.5 Å². The van der Waals surface area contributed by atoms with Crippen LogP contribution in [0.15, 0.2) is 5.38 Å². The van der Waals surface area contributed by atoms with E-state index in [1.54, 1.807) is 0 Å². The van der Waals surface area contributed by atoms with Gasteiger partial charge < -0.3 is 15.8 Å². The molecule has 0 aromatic carbocycles. The SMILES string of the molecule is COC(CN)C(=O)NC(C)c1nc(C)cs1. The molecule has 5 nitrogen and oxygen atoms in total. The molecule has 0 aliphatic carbocycles. The summed E-state index contributed by atoms with van der Waals surface area (Å²) in [6.45, 7) is 3.98. The lowest BCUT2D eigenvalue weighted by Gasteiger charge is -2.16. The van der Waals surface area contributed by atoms with E-state index in [1.807, 2.05) is 19.2 Å². The normalized spacial score (nSPS) is 14.5. The maximum absolute atomic E-state index is 11.7. The van der Waals surface area contributed by atoms with Gasteiger partial charge >= 0.3 is 0 Å². The molecule has 1 heterocycles. The first-order valence-corrected chi connectivity index (χ1v) is 5.91. The molecule has 2 atom stereocenters. The summed E-state index contributed by atoms with van der Waals surface area (Å²) in [5.74, 6) is -0.203. The van der Waals surface area contributed by atoms with Crippen molar-refractivity contribution in [2.24, 2.45) is 5.73 Å². The van der Waals surface area contributed by atoms with Crippen molar-refractivity contribution in [3.8, 4) is 0 Å². The molecule has 1 rings (SSSR count). The van der Waals surface area contributed by atoms with Gasteiger partial charge in [-0.3, -0.25) is 4.79 Å². The molecule has 0 fully saturated rings. The van der Waals surface area contributed by atoms with Gasteiger partial charge in [-0.15, -0.1) is 11.3 Å². The lowest BCUT2D eigenvalue weighted by Crippen LogP contribution is -2.41. The van der Waals surface area contributed by atoms with Crippen molar-refractivity contribution in [3.63, 3.8) is 0 Å². The fourth-order valence-electron chi connectivity index (χ4n) is 1.25. The van der Waals surface area contributed by atoms with E-state index in [0.29, 0.717) is 0 Å². The minimum atomic E-state index is -0.594. The highest BCUT2D eigenvalue weighted by Gasteiger charge is 2.19. The van der Waals surface area contributed by atoms with E-state index in [4.69, 9.17) is 10.5 Å². The number of thiazole rings is 1. The van der Waals surface area contributed by atoms with Crippen molar-refractivity contribution in [3.05, 3.63) is 16.1 Å². The first-order valence-electron chi connectivity index (χ1n) is 5.03. The van der Waals surface area contributed by atoms with Gasteiger partial charge in [0.05, 0.1) is 6.04 Å². The summed E-state index contributed by atoms with van der Waals surface area (Å²) in [5.41, 5.74) is 6.37. The summed E-state index contributed by atoms with van der Waals surface area (Å²) in [5, 5.41) is 5.66. The molecule has 3 N–H and O–H groups in total. The fourth-order valence-corrected chi connectivity index (χ4v) is 2.05. The fraction of sp³-hybridized carbons (Fsp3) is 0.600. The Labute approximate surface area is 99.0 Å². The number of ether oxygens (including phenoxy) is 1. The summed E-state index contributed by atoms with van der Waals surface area (Å²) in [6, 6.07) is -0.115. The second-order valence-corrected chi connectivity index (χ2v) is 4.41. The number of hydrogen-bond acceptors (Lipinski definition) is 5. The largest absolute Gasteiger partial charge is 0.370 e. The zero-order chi connectivity index (χ0) is 12.1. The van der Waals surface area contributed by atoms with Crippen LogP contribution in [-0.2, 0) is 9.53 Å². The summed E-state index contributed by atoms with van der Waals surface area (Å²) >= 11 is 1.53. The molecule has 0 saturated heterocycles. The average molecular weight is 243 g/mol. The van der Waals surface area contributed by atoms with Gasteiger partial charge in [0.15, 0.2) is 0 Å². The molecule has 1 aromatic heterocycles. The van der Waals surface area contributed by atoms with Crippen LogP contribution in [-0.4, -0.2) is 30.6 Å². The molecule has 0 bridgehead atoms. The van der Waals surface area contributed by atoms with Gasteiger partial charge in [-0.25, -0.2) is 4.98 Å². The summed E-state index contributed by atoms with van der Waals surface area (Å²) in [7, 11) is 1.47. The number of hydrogen-bond donors (Lipinski definition) is 2. The van der Waals surface area contributed by atoms with Crippen molar-refractivity contribution in [2.75, 3.05) is 13.7 Å². The molecule has 0 radical (unpaired) electrons. The molecule has 0 spiro atoms. The first-order chi connectivity index (χ1) is 7.58. The van der Waals surface area contributed by atoms with E-state index < -0.39 is 6.10 Å². The Morgan fingerprint density at radius 2 is 2.44 bits per heavy atom. The predicted molar refractivity (Wildman–Crippen MR) is 63.3 cm³/mol. The number of aromatic nitrogens is 1. The average Bonchev–Trinajstić information content (AvgIpc) is 2.66. The number of rotatable bonds is 5. The second-order valence-electron chi connectivity index (χ2n) is 3.52. The molecular formula is C10H17N3O2S. The van der Waals surface area contributed by atoms with Crippen LogP contribution in [0.5, 0.6) is 0 Å². The predicted octanol–water partition coefficient (Wildman–Crippen LogP) is 0.602. The van der Waals surface area contributed by atoms with E-state index in [2.05, 4.69) is 10.3 Å². The number of carbonyl (C=O) groups is 1. The van der Waals surface area contributed by atoms with Crippen molar-refractivity contribution in [1.82, 2.24) is 10.3 Å². The van der Waals surface area contributed by atoms with Crippen LogP contribution in [0, 0.1) is 6.92 Å². The topological polar surface area (TPSA) is 77.2 Å². The minimum Gasteiger partial charge on any atom is -0.370 e. The molecular weight excluding hydrogens is 226 g/mol. The molecule has 0 aliphatic heterocycles. The zero-order valence-corrected chi connectivity index (χ0v) is 10.5. The Kier molecular flexibility index (Phi) is 4.85. The number of carbonyl (C=O) groups excluding carboxylic acids is 1. The van der Waals surface area contributed by atoms with Gasteiger partial charge in [0.1, 0.15) is 11.1 Å². The Bertz CT molecular complexity index is 350. The van der Waals surface area contributed by atoms with Gasteiger partial charge in [0.25, 0.3) is 5.91 Å². The molecule has 6 heteroatoms. The van der Waals surface area contributed by atoms with Crippen LogP contribution >= 0.6 is 11.3 Å². The Morgan fingerprint density at radius 1 is 1.75 bits per heavy atom. The Hall–Kier alpha value is -0.980. The highest BCUT2D eigenvalue weighted by atomic mass is 32.1. The van der Waals surface area contributed by atoms with E-state index in [1.165, 1.54) is 18.4 Å². The van der Waals surface area contributed by atoms with Gasteiger partial charge in [-0.2, -0.15) is 0 Å². The third kappa shape index (κ3) is 3.26. The summed E-state index contributed by atoms with van der Waals surface area (Å²) in [4.78, 5) is 16.0. The first kappa shape index (κ1) is 13.1. The van der Waals surface area contributed by atoms with Crippen molar-refractivity contribution >= 4 is 17.2 Å². The quantitative estimate of drug-likeness (QED) is 0.794. The maximum Gasteiger partial charge on any atom is 0.250 e. The highest BCUT2D eigenvalue weighted by molar-refractivity contribution is 7.09. The van der Waals surface area contributed by atoms with Gasteiger partial charge in [0.2, 0.25) is 0 Å². The molecule has 16 heavy (non-hydrogen) atoms. The van der Waals surface area contributed by atoms with Gasteiger partial charge in [-0.1, -0.05) is 0 Å². The van der Waals surface area contributed by atoms with Crippen LogP contribution in [0.3, 0.4) is 0 Å². The lowest BCUT2D eigenvalue weighted by molar-refractivity contribution is -0.131. The molecule has 1 aromatic rings. The number of amides is 1. The summed E-state index contributed by atoms with van der Waals surface area (Å²) in [6.07, 6.45) is -0.594. The van der Waals surface area contributed by atoms with Crippen LogP contribution in [0.2, 0.25) is 0 Å². The monoisotopic (exact) mass is 243 g/mol. The van der Waals surface area contributed by atoms with Gasteiger partial charge in [-0.05, 0) is 13.8 Å². The van der Waals surface area contributed by atoms with Crippen LogP contribution < -0.4 is 11.1 Å². The smallest absolute Gasteiger partial charge is 0.250 e. The highest BCUT2D eigenvalue weighted by Crippen LogP contribution is 2.17. The van der Waals surface area contributed by atoms with Crippen molar-refractivity contribution in [1.29, 1.82) is 0 Å². The van der Waals surface area contributed by atoms with E-state index in [9.17, 15) is 4.79 Å². The van der Waals surface area contributed by atoms with Crippen molar-refractivity contribution < 1.29 is 9.53 Å². The number of aryl methyl sites for hydroxylation is 1. The number of nitrogens with one attached hydrogen (secondary N) is 1. The van der Waals surface area contributed by atoms with Crippen LogP contribution in [0.1, 0.15) is 23.7 Å². The second kappa shape index (κ2) is 5.93. The Morgan fingerprint density at radius 3 is 2.88 bits per heavy atom. The van der Waals surface area contributed by atoms with Crippen molar-refractivity contribution in [2.45, 2.75) is 26.0 Å². The molecule has 2 unspecified atom stereocenters. The summed E-state index contributed by atoms with van der Waals surface area (Å²) < 4.78 is 4.95. The third-order valence-corrected chi connectivity index (χ3v) is 3.30. The lowest BCUT2D eigenvalue weighted by atomic mass is 10.3. The van der Waals surface area contributed by atoms with E-state index >= 15 is 0 Å². The standard InChI is InChI=1S/C10H17N3O2S/c1-6-5-16-10(12-6)7(2)13-9(14)8(4-11)15-3/h5,7-8H,4,11H2,1-3H3,(H,13,14). The maximum atomic E-state index is 11.7. The van der Waals surface area contributed by atoms with Crippen LogP contribution in [0.25, 0.3) is 0 Å². The molecule has 90 valence electrons. The Balaban J connectivity index is 2.57. The zero-order valence-electron chi connectivity index (χ0n) is 9.69.